The maximum atomic E-state index is 13.4. The van der Waals surface area contributed by atoms with Crippen LogP contribution in [-0.4, -0.2) is 35.0 Å². The van der Waals surface area contributed by atoms with E-state index in [1.165, 1.54) is 4.90 Å². The van der Waals surface area contributed by atoms with Gasteiger partial charge in [0.05, 0.1) is 27.9 Å². The summed E-state index contributed by atoms with van der Waals surface area (Å²) < 4.78 is 12.4. The molecule has 0 bridgehead atoms. The van der Waals surface area contributed by atoms with E-state index in [0.29, 0.717) is 23.0 Å². The topological polar surface area (TPSA) is 55.8 Å². The predicted molar refractivity (Wildman–Crippen MR) is 128 cm³/mol. The van der Waals surface area contributed by atoms with Crippen molar-refractivity contribution in [3.05, 3.63) is 65.2 Å². The average molecular weight is 445 g/mol. The minimum absolute atomic E-state index is 0.187. The summed E-state index contributed by atoms with van der Waals surface area (Å²) in [6.07, 6.45) is 1.57. The number of hydrogen-bond donors (Lipinski definition) is 0. The normalized spacial score (nSPS) is 27.8. The van der Waals surface area contributed by atoms with Crippen molar-refractivity contribution in [1.29, 1.82) is 0 Å². The molecule has 6 heteroatoms. The molecule has 0 atom stereocenters. The molecule has 2 fully saturated rings. The molecule has 2 heterocycles. The van der Waals surface area contributed by atoms with E-state index >= 15 is 0 Å². The van der Waals surface area contributed by atoms with Crippen LogP contribution in [0.4, 0.5) is 0 Å². The van der Waals surface area contributed by atoms with Gasteiger partial charge in [0.25, 0.3) is 11.8 Å². The summed E-state index contributed by atoms with van der Waals surface area (Å²) in [6.45, 7) is 12.6. The molecule has 5 rings (SSSR count). The Morgan fingerprint density at radius 1 is 0.848 bits per heavy atom. The molecule has 0 spiro atoms. The Hall–Kier alpha value is -2.44. The van der Waals surface area contributed by atoms with Crippen LogP contribution < -0.4 is 5.46 Å². The van der Waals surface area contributed by atoms with Crippen LogP contribution in [-0.2, 0) is 14.8 Å². The van der Waals surface area contributed by atoms with Crippen LogP contribution in [0.5, 0.6) is 0 Å². The molecule has 0 N–H and O–H groups in total. The van der Waals surface area contributed by atoms with Crippen LogP contribution in [0.25, 0.3) is 0 Å². The summed E-state index contributed by atoms with van der Waals surface area (Å²) in [7, 11) is -0.441. The van der Waals surface area contributed by atoms with Gasteiger partial charge in [-0.3, -0.25) is 14.5 Å². The molecule has 2 aliphatic heterocycles. The highest BCUT2D eigenvalue weighted by atomic mass is 16.7. The standard InChI is InChI=1S/C27H32BNO4/c1-17(2)18-15-27(16-18,29-23(30)21-9-7-8-10-22(21)24(29)31)19-11-13-20(14-12-19)28-32-25(3,4)26(5,6)33-28/h7-14,17-18H,15-16H2,1-6H3/t18-,27-. The Morgan fingerprint density at radius 3 is 1.79 bits per heavy atom. The summed E-state index contributed by atoms with van der Waals surface area (Å²) >= 11 is 0. The summed E-state index contributed by atoms with van der Waals surface area (Å²) in [5.41, 5.74) is 1.51. The first-order valence-electron chi connectivity index (χ1n) is 11.9. The van der Waals surface area contributed by atoms with Crippen LogP contribution >= 0.6 is 0 Å². The smallest absolute Gasteiger partial charge is 0.399 e. The molecule has 2 aromatic carbocycles. The van der Waals surface area contributed by atoms with E-state index in [1.54, 1.807) is 12.1 Å². The molecule has 1 saturated heterocycles. The number of carbonyl (C=O) groups is 2. The van der Waals surface area contributed by atoms with Gasteiger partial charge in [-0.25, -0.2) is 0 Å². The Labute approximate surface area is 196 Å². The molecule has 2 amide bonds. The Kier molecular flexibility index (Phi) is 4.93. The Morgan fingerprint density at radius 2 is 1.33 bits per heavy atom. The highest BCUT2D eigenvalue weighted by Crippen LogP contribution is 2.54. The molecule has 0 radical (unpaired) electrons. The van der Waals surface area contributed by atoms with Gasteiger partial charge >= 0.3 is 7.12 Å². The van der Waals surface area contributed by atoms with Gasteiger partial charge in [-0.15, -0.1) is 0 Å². The fourth-order valence-electron chi connectivity index (χ4n) is 5.33. The third kappa shape index (κ3) is 3.22. The van der Waals surface area contributed by atoms with E-state index in [9.17, 15) is 9.59 Å². The highest BCUT2D eigenvalue weighted by Gasteiger charge is 2.57. The van der Waals surface area contributed by atoms with Crippen molar-refractivity contribution in [1.82, 2.24) is 4.90 Å². The molecule has 1 saturated carbocycles. The lowest BCUT2D eigenvalue weighted by molar-refractivity contribution is -0.0189. The highest BCUT2D eigenvalue weighted by molar-refractivity contribution is 6.62. The lowest BCUT2D eigenvalue weighted by Crippen LogP contribution is -2.58. The fraction of sp³-hybridized carbons (Fsp3) is 0.481. The zero-order chi connectivity index (χ0) is 23.8. The molecule has 1 aliphatic carbocycles. The van der Waals surface area contributed by atoms with Crippen LogP contribution in [0, 0.1) is 11.8 Å². The largest absolute Gasteiger partial charge is 0.494 e. The molecular weight excluding hydrogens is 413 g/mol. The van der Waals surface area contributed by atoms with Crippen LogP contribution in [0.3, 0.4) is 0 Å². The van der Waals surface area contributed by atoms with E-state index in [-0.39, 0.29) is 11.8 Å². The van der Waals surface area contributed by atoms with E-state index in [4.69, 9.17) is 9.31 Å². The first-order valence-corrected chi connectivity index (χ1v) is 11.9. The monoisotopic (exact) mass is 445 g/mol. The summed E-state index contributed by atoms with van der Waals surface area (Å²) in [6, 6.07) is 15.3. The van der Waals surface area contributed by atoms with Crippen molar-refractivity contribution in [2.24, 2.45) is 11.8 Å². The third-order valence-corrected chi connectivity index (χ3v) is 8.34. The van der Waals surface area contributed by atoms with Crippen molar-refractivity contribution in [3.8, 4) is 0 Å². The maximum absolute atomic E-state index is 13.4. The minimum Gasteiger partial charge on any atom is -0.399 e. The van der Waals surface area contributed by atoms with Gasteiger partial charge in [0, 0.05) is 0 Å². The van der Waals surface area contributed by atoms with Crippen molar-refractivity contribution in [3.63, 3.8) is 0 Å². The van der Waals surface area contributed by atoms with Gasteiger partial charge in [0.15, 0.2) is 0 Å². The number of imide groups is 1. The molecule has 3 aliphatic rings. The number of carbonyl (C=O) groups excluding carboxylic acids is 2. The van der Waals surface area contributed by atoms with Crippen molar-refractivity contribution in [2.45, 2.75) is 71.1 Å². The number of rotatable bonds is 4. The van der Waals surface area contributed by atoms with Gasteiger partial charge in [-0.1, -0.05) is 50.2 Å². The summed E-state index contributed by atoms with van der Waals surface area (Å²) in [4.78, 5) is 28.3. The molecule has 172 valence electrons. The lowest BCUT2D eigenvalue weighted by Gasteiger charge is -2.54. The number of benzene rings is 2. The van der Waals surface area contributed by atoms with Crippen LogP contribution in [0.2, 0.25) is 0 Å². The third-order valence-electron chi connectivity index (χ3n) is 8.34. The second-order valence-corrected chi connectivity index (χ2v) is 11.1. The quantitative estimate of drug-likeness (QED) is 0.512. The summed E-state index contributed by atoms with van der Waals surface area (Å²) in [5.74, 6) is 0.593. The van der Waals surface area contributed by atoms with Crippen molar-refractivity contribution in [2.75, 3.05) is 0 Å². The van der Waals surface area contributed by atoms with E-state index in [0.717, 1.165) is 23.9 Å². The van der Waals surface area contributed by atoms with Crippen LogP contribution in [0.15, 0.2) is 48.5 Å². The molecular formula is C27H32BNO4. The zero-order valence-corrected chi connectivity index (χ0v) is 20.3. The number of fused-ring (bicyclic) bond motifs is 1. The van der Waals surface area contributed by atoms with E-state index in [1.807, 2.05) is 64.1 Å². The Bertz CT molecular complexity index is 1060. The SMILES string of the molecule is CC(C)[C@H]1C[C@](c2ccc(B3OC(C)(C)C(C)(C)O3)cc2)(N2C(=O)c3ccccc3C2=O)C1. The van der Waals surface area contributed by atoms with Gasteiger partial charge in [-0.05, 0) is 75.5 Å². The fourth-order valence-corrected chi connectivity index (χ4v) is 5.33. The lowest BCUT2D eigenvalue weighted by atomic mass is 9.60. The van der Waals surface area contributed by atoms with E-state index < -0.39 is 23.9 Å². The first kappa shape index (κ1) is 22.4. The molecule has 33 heavy (non-hydrogen) atoms. The van der Waals surface area contributed by atoms with Gasteiger partial charge in [-0.2, -0.15) is 0 Å². The van der Waals surface area contributed by atoms with Gasteiger partial charge < -0.3 is 9.31 Å². The molecule has 5 nitrogen and oxygen atoms in total. The Balaban J connectivity index is 1.49. The summed E-state index contributed by atoms with van der Waals surface area (Å²) in [5, 5.41) is 0. The molecule has 0 aromatic heterocycles. The number of hydrogen-bond acceptors (Lipinski definition) is 4. The van der Waals surface area contributed by atoms with Gasteiger partial charge in [0.2, 0.25) is 0 Å². The second-order valence-electron chi connectivity index (χ2n) is 11.1. The number of amides is 2. The zero-order valence-electron chi connectivity index (χ0n) is 20.3. The van der Waals surface area contributed by atoms with Crippen LogP contribution in [0.1, 0.15) is 80.7 Å². The number of nitrogens with zero attached hydrogens (tertiary/aromatic N) is 1. The minimum atomic E-state index is -0.614. The molecule has 2 aromatic rings. The van der Waals surface area contributed by atoms with Crippen molar-refractivity contribution < 1.29 is 18.9 Å². The first-order chi connectivity index (χ1) is 15.5. The average Bonchev–Trinajstić information content (AvgIpc) is 3.11. The maximum Gasteiger partial charge on any atom is 0.494 e. The van der Waals surface area contributed by atoms with Gasteiger partial charge in [0.1, 0.15) is 0 Å². The second kappa shape index (κ2) is 7.28. The van der Waals surface area contributed by atoms with Crippen molar-refractivity contribution >= 4 is 24.4 Å². The predicted octanol–water partition coefficient (Wildman–Crippen LogP) is 4.54. The molecule has 0 unspecified atom stereocenters. The van der Waals surface area contributed by atoms with E-state index in [2.05, 4.69) is 13.8 Å².